The molecule has 0 bridgehead atoms. The van der Waals surface area contributed by atoms with Crippen molar-refractivity contribution in [2.24, 2.45) is 14.1 Å². The Morgan fingerprint density at radius 1 is 0.971 bits per heavy atom. The lowest BCUT2D eigenvalue weighted by molar-refractivity contribution is 0.125. The highest BCUT2D eigenvalue weighted by Gasteiger charge is 2.14. The van der Waals surface area contributed by atoms with Gasteiger partial charge in [0.15, 0.2) is 11.2 Å². The number of aromatic nitrogens is 4. The number of fused-ring (bicyclic) bond motifs is 1. The Bertz CT molecular complexity index is 949. The fraction of sp³-hybridized carbons (Fsp3) is 0.800. The molecule has 0 aromatic carbocycles. The van der Waals surface area contributed by atoms with Crippen molar-refractivity contribution >= 4 is 11.2 Å². The molecule has 0 aliphatic rings. The minimum absolute atomic E-state index is 0.263. The topological polar surface area (TPSA) is 114 Å². The number of aryl methyl sites for hydroxylation is 3. The molecule has 0 radical (unpaired) electrons. The maximum Gasteiger partial charge on any atom is 0.329 e. The molecule has 194 valence electrons. The number of rotatable bonds is 19. The number of nitrogens with one attached hydrogen (secondary N) is 2. The molecule has 2 rings (SSSR count). The second kappa shape index (κ2) is 15.8. The van der Waals surface area contributed by atoms with Crippen molar-refractivity contribution < 1.29 is 9.84 Å². The predicted molar refractivity (Wildman–Crippen MR) is 136 cm³/mol. The Morgan fingerprint density at radius 3 is 2.38 bits per heavy atom. The van der Waals surface area contributed by atoms with E-state index in [-0.39, 0.29) is 11.7 Å². The number of ether oxygens (including phenoxy) is 1. The van der Waals surface area contributed by atoms with Crippen LogP contribution in [0, 0.1) is 0 Å². The molecule has 0 amide bonds. The van der Waals surface area contributed by atoms with Gasteiger partial charge in [0.25, 0.3) is 5.56 Å². The summed E-state index contributed by atoms with van der Waals surface area (Å²) in [6.45, 7) is 5.37. The average molecular weight is 480 g/mol. The van der Waals surface area contributed by atoms with E-state index in [0.717, 1.165) is 76.9 Å². The summed E-state index contributed by atoms with van der Waals surface area (Å²) in [7, 11) is 3.45. The summed E-state index contributed by atoms with van der Waals surface area (Å²) in [6, 6.07) is 0. The fourth-order valence-electron chi connectivity index (χ4n) is 4.14. The molecule has 0 spiro atoms. The van der Waals surface area contributed by atoms with Gasteiger partial charge in [-0.05, 0) is 32.2 Å². The van der Waals surface area contributed by atoms with E-state index >= 15 is 0 Å². The van der Waals surface area contributed by atoms with Gasteiger partial charge >= 0.3 is 5.69 Å². The molecule has 0 saturated carbocycles. The summed E-state index contributed by atoms with van der Waals surface area (Å²) in [5.74, 6) is 0.841. The van der Waals surface area contributed by atoms with Crippen LogP contribution in [0.25, 0.3) is 11.2 Å². The van der Waals surface area contributed by atoms with Gasteiger partial charge in [-0.15, -0.1) is 0 Å². The number of imidazole rings is 1. The lowest BCUT2D eigenvalue weighted by Crippen LogP contribution is -2.29. The van der Waals surface area contributed by atoms with Gasteiger partial charge in [-0.25, -0.2) is 9.78 Å². The van der Waals surface area contributed by atoms with Gasteiger partial charge in [-0.2, -0.15) is 0 Å². The van der Waals surface area contributed by atoms with Gasteiger partial charge in [-0.3, -0.25) is 14.3 Å². The summed E-state index contributed by atoms with van der Waals surface area (Å²) < 4.78 is 8.72. The maximum absolute atomic E-state index is 12.1. The quantitative estimate of drug-likeness (QED) is 0.267. The first-order valence-electron chi connectivity index (χ1n) is 13.1. The van der Waals surface area contributed by atoms with E-state index in [0.29, 0.717) is 17.7 Å². The highest BCUT2D eigenvalue weighted by atomic mass is 16.5. The Labute approximate surface area is 202 Å². The van der Waals surface area contributed by atoms with E-state index in [1.807, 2.05) is 7.05 Å². The minimum Gasteiger partial charge on any atom is -0.392 e. The van der Waals surface area contributed by atoms with E-state index in [1.54, 1.807) is 11.6 Å². The number of aromatic amines is 1. The fourth-order valence-corrected chi connectivity index (χ4v) is 4.14. The number of H-pyrrole nitrogens is 1. The monoisotopic (exact) mass is 479 g/mol. The zero-order chi connectivity index (χ0) is 24.8. The minimum atomic E-state index is -0.436. The first-order valence-corrected chi connectivity index (χ1v) is 13.1. The maximum atomic E-state index is 12.1. The Kier molecular flexibility index (Phi) is 13.2. The molecular weight excluding hydrogens is 434 g/mol. The van der Waals surface area contributed by atoms with Crippen LogP contribution in [-0.2, 0) is 25.3 Å². The van der Waals surface area contributed by atoms with Gasteiger partial charge in [0, 0.05) is 40.3 Å². The second-order valence-corrected chi connectivity index (χ2v) is 9.27. The Balaban J connectivity index is 1.48. The van der Waals surface area contributed by atoms with Crippen LogP contribution in [0.5, 0.6) is 0 Å². The van der Waals surface area contributed by atoms with Crippen LogP contribution in [0.3, 0.4) is 0 Å². The molecule has 0 saturated heterocycles. The van der Waals surface area contributed by atoms with Gasteiger partial charge in [0.05, 0.1) is 6.10 Å². The van der Waals surface area contributed by atoms with Crippen LogP contribution >= 0.6 is 0 Å². The van der Waals surface area contributed by atoms with E-state index in [1.165, 1.54) is 30.3 Å². The summed E-state index contributed by atoms with van der Waals surface area (Å²) in [5, 5.41) is 13.4. The van der Waals surface area contributed by atoms with Crippen molar-refractivity contribution in [1.82, 2.24) is 24.4 Å². The van der Waals surface area contributed by atoms with Crippen molar-refractivity contribution in [3.05, 3.63) is 26.7 Å². The third-order valence-electron chi connectivity index (χ3n) is 6.33. The molecule has 1 atom stereocenters. The van der Waals surface area contributed by atoms with Crippen LogP contribution in [0.4, 0.5) is 0 Å². The molecular formula is C25H45N5O4. The van der Waals surface area contributed by atoms with E-state index in [2.05, 4.69) is 22.2 Å². The molecule has 1 unspecified atom stereocenters. The number of hydrogen-bond donors (Lipinski definition) is 3. The van der Waals surface area contributed by atoms with Crippen LogP contribution in [0.2, 0.25) is 0 Å². The lowest BCUT2D eigenvalue weighted by atomic mass is 10.1. The van der Waals surface area contributed by atoms with E-state index in [4.69, 9.17) is 4.74 Å². The number of aliphatic hydroxyl groups is 1. The molecule has 2 aromatic heterocycles. The molecule has 2 aromatic rings. The lowest BCUT2D eigenvalue weighted by Gasteiger charge is -2.12. The van der Waals surface area contributed by atoms with Crippen molar-refractivity contribution in [3.8, 4) is 0 Å². The smallest absolute Gasteiger partial charge is 0.329 e. The van der Waals surface area contributed by atoms with Gasteiger partial charge in [0.1, 0.15) is 5.82 Å². The average Bonchev–Trinajstić information content (AvgIpc) is 3.15. The van der Waals surface area contributed by atoms with Crippen LogP contribution < -0.4 is 16.6 Å². The first kappa shape index (κ1) is 28.3. The normalized spacial score (nSPS) is 12.6. The van der Waals surface area contributed by atoms with Crippen molar-refractivity contribution in [3.63, 3.8) is 0 Å². The number of unbranched alkanes of at least 4 members (excludes halogenated alkanes) is 7. The van der Waals surface area contributed by atoms with Crippen LogP contribution in [-0.4, -0.2) is 56.6 Å². The molecule has 9 nitrogen and oxygen atoms in total. The van der Waals surface area contributed by atoms with Crippen molar-refractivity contribution in [2.45, 2.75) is 90.1 Å². The third kappa shape index (κ3) is 9.35. The summed E-state index contributed by atoms with van der Waals surface area (Å²) >= 11 is 0. The van der Waals surface area contributed by atoms with E-state index < -0.39 is 5.69 Å². The second-order valence-electron chi connectivity index (χ2n) is 9.27. The summed E-state index contributed by atoms with van der Waals surface area (Å²) in [4.78, 5) is 30.7. The predicted octanol–water partition coefficient (Wildman–Crippen LogP) is 2.78. The molecule has 3 N–H and O–H groups in total. The molecule has 2 heterocycles. The first-order chi connectivity index (χ1) is 16.5. The molecule has 0 aliphatic carbocycles. The van der Waals surface area contributed by atoms with Crippen LogP contribution in [0.1, 0.15) is 83.4 Å². The number of aliphatic hydroxyl groups excluding tert-OH is 1. The largest absolute Gasteiger partial charge is 0.392 e. The third-order valence-corrected chi connectivity index (χ3v) is 6.33. The van der Waals surface area contributed by atoms with Crippen LogP contribution in [0.15, 0.2) is 9.59 Å². The standard InChI is InChI=1S/C25H45N5O4/c1-4-5-17-34-18-13-16-26-19-20(31)14-11-9-7-6-8-10-12-15-21-27-23-22(29(21)2)24(32)28-25(33)30(23)3/h20,26,31H,4-19H2,1-3H3,(H,28,32,33). The Hall–Kier alpha value is -1.97. The van der Waals surface area contributed by atoms with Crippen molar-refractivity contribution in [2.75, 3.05) is 26.3 Å². The summed E-state index contributed by atoms with van der Waals surface area (Å²) in [6.07, 6.45) is 12.6. The molecule has 9 heteroatoms. The van der Waals surface area contributed by atoms with E-state index in [9.17, 15) is 14.7 Å². The van der Waals surface area contributed by atoms with Gasteiger partial charge < -0.3 is 19.7 Å². The van der Waals surface area contributed by atoms with Gasteiger partial charge in [-0.1, -0.05) is 51.9 Å². The SMILES string of the molecule is CCCCOCCCNCC(O)CCCCCCCCCc1nc2c(c(=O)[nH]c(=O)n2C)n1C. The summed E-state index contributed by atoms with van der Waals surface area (Å²) in [5.41, 5.74) is 0.0767. The zero-order valence-corrected chi connectivity index (χ0v) is 21.4. The molecule has 0 aliphatic heterocycles. The molecule has 34 heavy (non-hydrogen) atoms. The Morgan fingerprint density at radius 2 is 1.65 bits per heavy atom. The highest BCUT2D eigenvalue weighted by molar-refractivity contribution is 5.70. The number of nitrogens with zero attached hydrogens (tertiary/aromatic N) is 3. The molecule has 0 fully saturated rings. The van der Waals surface area contributed by atoms with Crippen molar-refractivity contribution in [1.29, 1.82) is 0 Å². The zero-order valence-electron chi connectivity index (χ0n) is 21.4. The van der Waals surface area contributed by atoms with Gasteiger partial charge in [0.2, 0.25) is 0 Å². The number of hydrogen-bond acceptors (Lipinski definition) is 6. The highest BCUT2D eigenvalue weighted by Crippen LogP contribution is 2.14.